The van der Waals surface area contributed by atoms with Crippen LogP contribution in [0.3, 0.4) is 0 Å². The summed E-state index contributed by atoms with van der Waals surface area (Å²) in [6, 6.07) is 7.29. The molecule has 0 spiro atoms. The summed E-state index contributed by atoms with van der Waals surface area (Å²) in [6.07, 6.45) is 5.00. The van der Waals surface area contributed by atoms with E-state index < -0.39 is 5.97 Å². The van der Waals surface area contributed by atoms with Gasteiger partial charge in [-0.25, -0.2) is 9.78 Å². The third kappa shape index (κ3) is 3.41. The second-order valence-electron chi connectivity index (χ2n) is 5.87. The molecule has 1 aliphatic carbocycles. The number of hydrogen-bond donors (Lipinski definition) is 0. The first-order chi connectivity index (χ1) is 12.2. The fourth-order valence-electron chi connectivity index (χ4n) is 2.94. The number of aromatic nitrogens is 2. The van der Waals surface area contributed by atoms with Crippen molar-refractivity contribution in [3.05, 3.63) is 63.0 Å². The van der Waals surface area contributed by atoms with Gasteiger partial charge in [-0.1, -0.05) is 6.07 Å². The minimum atomic E-state index is -0.492. The largest absolute Gasteiger partial charge is 0.482 e. The Balaban J connectivity index is 1.33. The lowest BCUT2D eigenvalue weighted by atomic mass is 10.1. The van der Waals surface area contributed by atoms with E-state index in [-0.39, 0.29) is 18.8 Å². The fraction of sp³-hybridized carbons (Fsp3) is 0.278. The van der Waals surface area contributed by atoms with E-state index in [0.717, 1.165) is 12.8 Å². The van der Waals surface area contributed by atoms with E-state index in [4.69, 9.17) is 9.47 Å². The third-order valence-corrected chi connectivity index (χ3v) is 4.92. The average Bonchev–Trinajstić information content (AvgIpc) is 3.26. The number of esters is 1. The Morgan fingerprint density at radius 1 is 1.24 bits per heavy atom. The number of aryl methyl sites for hydroxylation is 2. The van der Waals surface area contributed by atoms with E-state index in [1.165, 1.54) is 39.4 Å². The summed E-state index contributed by atoms with van der Waals surface area (Å²) in [6.45, 7) is -0.213. The van der Waals surface area contributed by atoms with Crippen LogP contribution in [0.5, 0.6) is 5.75 Å². The summed E-state index contributed by atoms with van der Waals surface area (Å²) in [5.41, 5.74) is 2.89. The maximum absolute atomic E-state index is 11.9. The molecule has 0 amide bonds. The topological polar surface area (TPSA) is 69.9 Å². The Bertz CT molecular complexity index is 992. The predicted molar refractivity (Wildman–Crippen MR) is 93.1 cm³/mol. The third-order valence-electron chi connectivity index (χ3n) is 4.16. The van der Waals surface area contributed by atoms with Crippen molar-refractivity contribution in [1.82, 2.24) is 9.38 Å². The van der Waals surface area contributed by atoms with Crippen molar-refractivity contribution in [2.75, 3.05) is 6.61 Å². The molecule has 0 saturated carbocycles. The summed E-state index contributed by atoms with van der Waals surface area (Å²) in [5, 5.41) is 1.78. The first-order valence-electron chi connectivity index (χ1n) is 8.05. The number of nitrogens with zero attached hydrogens (tertiary/aromatic N) is 2. The Morgan fingerprint density at radius 2 is 2.12 bits per heavy atom. The van der Waals surface area contributed by atoms with E-state index in [1.54, 1.807) is 11.6 Å². The van der Waals surface area contributed by atoms with Crippen molar-refractivity contribution >= 4 is 22.3 Å². The highest BCUT2D eigenvalue weighted by atomic mass is 32.1. The SMILES string of the molecule is O=C(COc1ccc2c(c1)CCC2)OCc1cc(=O)n2ccsc2n1. The molecule has 0 radical (unpaired) electrons. The van der Waals surface area contributed by atoms with Crippen LogP contribution < -0.4 is 10.3 Å². The van der Waals surface area contributed by atoms with Crippen LogP contribution in [0.15, 0.2) is 40.6 Å². The molecule has 7 heteroatoms. The molecule has 0 atom stereocenters. The summed E-state index contributed by atoms with van der Waals surface area (Å²) in [4.78, 5) is 28.6. The highest BCUT2D eigenvalue weighted by molar-refractivity contribution is 7.15. The number of carbonyl (C=O) groups is 1. The maximum Gasteiger partial charge on any atom is 0.344 e. The Labute approximate surface area is 147 Å². The summed E-state index contributed by atoms with van der Waals surface area (Å²) < 4.78 is 12.1. The van der Waals surface area contributed by atoms with Crippen LogP contribution in [0.4, 0.5) is 0 Å². The van der Waals surface area contributed by atoms with Gasteiger partial charge in [0.15, 0.2) is 11.6 Å². The zero-order valence-electron chi connectivity index (χ0n) is 13.4. The van der Waals surface area contributed by atoms with Gasteiger partial charge in [0.1, 0.15) is 12.4 Å². The first-order valence-corrected chi connectivity index (χ1v) is 8.93. The normalized spacial score (nSPS) is 13.0. The minimum absolute atomic E-state index is 0.0456. The van der Waals surface area contributed by atoms with Gasteiger partial charge in [-0.05, 0) is 42.5 Å². The van der Waals surface area contributed by atoms with Crippen molar-refractivity contribution in [2.45, 2.75) is 25.9 Å². The molecule has 2 aromatic heterocycles. The van der Waals surface area contributed by atoms with E-state index in [2.05, 4.69) is 11.1 Å². The molecule has 3 aromatic rings. The molecule has 0 saturated heterocycles. The standard InChI is InChI=1S/C18H16N2O4S/c21-16-9-14(19-18-20(16)6-7-25-18)10-24-17(22)11-23-15-5-4-12-2-1-3-13(12)8-15/h4-9H,1-3,10-11H2. The van der Waals surface area contributed by atoms with Gasteiger partial charge in [-0.3, -0.25) is 9.20 Å². The van der Waals surface area contributed by atoms with Gasteiger partial charge in [-0.2, -0.15) is 0 Å². The monoisotopic (exact) mass is 356 g/mol. The second kappa shape index (κ2) is 6.68. The number of thiazole rings is 1. The molecule has 0 N–H and O–H groups in total. The summed E-state index contributed by atoms with van der Waals surface area (Å²) in [5.74, 6) is 0.183. The van der Waals surface area contributed by atoms with Crippen LogP contribution >= 0.6 is 11.3 Å². The second-order valence-corrected chi connectivity index (χ2v) is 6.75. The van der Waals surface area contributed by atoms with Gasteiger partial charge >= 0.3 is 5.97 Å². The lowest BCUT2D eigenvalue weighted by molar-refractivity contribution is -0.147. The zero-order valence-corrected chi connectivity index (χ0v) is 14.3. The molecular weight excluding hydrogens is 340 g/mol. The molecule has 1 aromatic carbocycles. The lowest BCUT2D eigenvalue weighted by Crippen LogP contribution is -2.17. The molecule has 0 unspecified atom stereocenters. The number of rotatable bonds is 5. The Morgan fingerprint density at radius 3 is 3.04 bits per heavy atom. The van der Waals surface area contributed by atoms with Gasteiger partial charge in [0.25, 0.3) is 5.56 Å². The number of hydrogen-bond acceptors (Lipinski definition) is 6. The van der Waals surface area contributed by atoms with Crippen molar-refractivity contribution in [1.29, 1.82) is 0 Å². The van der Waals surface area contributed by atoms with Crippen molar-refractivity contribution < 1.29 is 14.3 Å². The fourth-order valence-corrected chi connectivity index (χ4v) is 3.68. The van der Waals surface area contributed by atoms with Crippen molar-refractivity contribution in [3.8, 4) is 5.75 Å². The quantitative estimate of drug-likeness (QED) is 0.657. The smallest absolute Gasteiger partial charge is 0.344 e. The van der Waals surface area contributed by atoms with Crippen LogP contribution in [-0.4, -0.2) is 22.0 Å². The molecule has 1 aliphatic rings. The Hall–Kier alpha value is -2.67. The molecule has 128 valence electrons. The van der Waals surface area contributed by atoms with Gasteiger partial charge in [0.05, 0.1) is 5.69 Å². The number of ether oxygens (including phenoxy) is 2. The summed E-state index contributed by atoms with van der Waals surface area (Å²) in [7, 11) is 0. The maximum atomic E-state index is 11.9. The highest BCUT2D eigenvalue weighted by Gasteiger charge is 2.12. The molecule has 2 heterocycles. The highest BCUT2D eigenvalue weighted by Crippen LogP contribution is 2.25. The first kappa shape index (κ1) is 15.8. The minimum Gasteiger partial charge on any atom is -0.482 e. The number of benzene rings is 1. The molecule has 0 fully saturated rings. The molecule has 4 rings (SSSR count). The van der Waals surface area contributed by atoms with Gasteiger partial charge < -0.3 is 9.47 Å². The van der Waals surface area contributed by atoms with Crippen LogP contribution in [0, 0.1) is 0 Å². The molecular formula is C18H16N2O4S. The molecule has 0 bridgehead atoms. The van der Waals surface area contributed by atoms with Crippen LogP contribution in [0.25, 0.3) is 4.96 Å². The van der Waals surface area contributed by atoms with Gasteiger partial charge in [-0.15, -0.1) is 11.3 Å². The van der Waals surface area contributed by atoms with E-state index >= 15 is 0 Å². The molecule has 6 nitrogen and oxygen atoms in total. The Kier molecular flexibility index (Phi) is 4.23. The van der Waals surface area contributed by atoms with Crippen LogP contribution in [-0.2, 0) is 29.0 Å². The molecule has 0 aliphatic heterocycles. The zero-order chi connectivity index (χ0) is 17.2. The molecule has 25 heavy (non-hydrogen) atoms. The van der Waals surface area contributed by atoms with Crippen molar-refractivity contribution in [3.63, 3.8) is 0 Å². The van der Waals surface area contributed by atoms with Gasteiger partial charge in [0.2, 0.25) is 0 Å². The summed E-state index contributed by atoms with van der Waals surface area (Å²) >= 11 is 1.35. The lowest BCUT2D eigenvalue weighted by Gasteiger charge is -2.08. The van der Waals surface area contributed by atoms with E-state index in [9.17, 15) is 9.59 Å². The number of fused-ring (bicyclic) bond motifs is 2. The van der Waals surface area contributed by atoms with Crippen molar-refractivity contribution in [2.24, 2.45) is 0 Å². The van der Waals surface area contributed by atoms with Crippen LogP contribution in [0.1, 0.15) is 23.2 Å². The van der Waals surface area contributed by atoms with Gasteiger partial charge in [0, 0.05) is 17.6 Å². The van der Waals surface area contributed by atoms with Crippen LogP contribution in [0.2, 0.25) is 0 Å². The number of carbonyl (C=O) groups excluding carboxylic acids is 1. The van der Waals surface area contributed by atoms with E-state index in [0.29, 0.717) is 16.4 Å². The average molecular weight is 356 g/mol. The van der Waals surface area contributed by atoms with E-state index in [1.807, 2.05) is 12.1 Å². The predicted octanol–water partition coefficient (Wildman–Crippen LogP) is 2.37.